The van der Waals surface area contributed by atoms with Gasteiger partial charge in [0.25, 0.3) is 0 Å². The lowest BCUT2D eigenvalue weighted by Crippen LogP contribution is -2.18. The highest BCUT2D eigenvalue weighted by atomic mass is 19.2. The molecule has 226 valence electrons. The van der Waals surface area contributed by atoms with Crippen LogP contribution in [0.3, 0.4) is 0 Å². The van der Waals surface area contributed by atoms with Gasteiger partial charge in [-0.1, -0.05) is 105 Å². The summed E-state index contributed by atoms with van der Waals surface area (Å²) in [7, 11) is 0. The van der Waals surface area contributed by atoms with Crippen LogP contribution in [0.15, 0.2) is 103 Å². The van der Waals surface area contributed by atoms with Crippen molar-refractivity contribution in [2.24, 2.45) is 0 Å². The molecule has 1 nitrogen and oxygen atoms in total. The predicted octanol–water partition coefficient (Wildman–Crippen LogP) is 11.5. The van der Waals surface area contributed by atoms with E-state index in [0.29, 0.717) is 28.2 Å². The maximum Gasteiger partial charge on any atom is 0.200 e. The van der Waals surface area contributed by atoms with Crippen LogP contribution in [-0.4, -0.2) is 6.61 Å². The minimum absolute atomic E-state index is 0.0494. The van der Waals surface area contributed by atoms with Gasteiger partial charge in [0.15, 0.2) is 23.3 Å². The first-order valence-corrected chi connectivity index (χ1v) is 14.9. The second-order valence-corrected chi connectivity index (χ2v) is 12.4. The molecular weight excluding hydrogens is 591 g/mol. The summed E-state index contributed by atoms with van der Waals surface area (Å²) in [5.41, 5.74) is 3.80. The Bertz CT molecular complexity index is 2320. The summed E-state index contributed by atoms with van der Waals surface area (Å²) >= 11 is 0. The zero-order valence-electron chi connectivity index (χ0n) is 24.8. The molecule has 0 spiro atoms. The zero-order chi connectivity index (χ0) is 31.9. The molecule has 7 aromatic carbocycles. The highest BCUT2D eigenvalue weighted by Crippen LogP contribution is 2.48. The van der Waals surface area contributed by atoms with Crippen molar-refractivity contribution < 1.29 is 26.7 Å². The molecule has 46 heavy (non-hydrogen) atoms. The number of hydrogen-bond acceptors (Lipinski definition) is 1. The maximum absolute atomic E-state index is 15.4. The average molecular weight is 617 g/mol. The monoisotopic (exact) mass is 616 g/mol. The van der Waals surface area contributed by atoms with Gasteiger partial charge in [-0.05, 0) is 66.7 Å². The van der Waals surface area contributed by atoms with E-state index in [1.807, 2.05) is 42.5 Å². The molecule has 1 aliphatic rings. The number of fused-ring (bicyclic) bond motifs is 4. The first-order chi connectivity index (χ1) is 22.2. The molecule has 0 aromatic heterocycles. The van der Waals surface area contributed by atoms with Gasteiger partial charge in [0.2, 0.25) is 5.82 Å². The number of halogens is 5. The Labute approximate surface area is 261 Å². The number of benzene rings is 7. The molecular formula is C40H25F5O. The molecule has 0 N–H and O–H groups in total. The summed E-state index contributed by atoms with van der Waals surface area (Å²) in [6.45, 7) is 4.94. The lowest BCUT2D eigenvalue weighted by Gasteiger charge is -2.20. The highest BCUT2D eigenvalue weighted by molar-refractivity contribution is 6.24. The Hall–Kier alpha value is -5.23. The van der Waals surface area contributed by atoms with Crippen molar-refractivity contribution in [1.29, 1.82) is 0 Å². The zero-order valence-corrected chi connectivity index (χ0v) is 24.8. The molecule has 0 atom stereocenters. The van der Waals surface area contributed by atoms with Crippen molar-refractivity contribution in [3.63, 3.8) is 0 Å². The minimum atomic E-state index is -2.19. The summed E-state index contributed by atoms with van der Waals surface area (Å²) in [6.07, 6.45) is 0. The lowest BCUT2D eigenvalue weighted by molar-refractivity contribution is 0.291. The molecule has 0 amide bonds. The largest absolute Gasteiger partial charge is 0.492 e. The van der Waals surface area contributed by atoms with Crippen LogP contribution in [0.1, 0.15) is 19.4 Å². The third-order valence-corrected chi connectivity index (χ3v) is 9.19. The predicted molar refractivity (Wildman–Crippen MR) is 174 cm³/mol. The van der Waals surface area contributed by atoms with Crippen molar-refractivity contribution in [2.75, 3.05) is 6.61 Å². The van der Waals surface area contributed by atoms with Crippen molar-refractivity contribution in [3.05, 3.63) is 138 Å². The summed E-state index contributed by atoms with van der Waals surface area (Å²) in [6, 6.07) is 32.4. The Morgan fingerprint density at radius 3 is 1.54 bits per heavy atom. The van der Waals surface area contributed by atoms with Gasteiger partial charge in [-0.2, -0.15) is 0 Å². The Balaban J connectivity index is 1.45. The first-order valence-electron chi connectivity index (χ1n) is 14.9. The van der Waals surface area contributed by atoms with Gasteiger partial charge >= 0.3 is 0 Å². The Morgan fingerprint density at radius 2 is 0.957 bits per heavy atom. The summed E-state index contributed by atoms with van der Waals surface area (Å²) in [4.78, 5) is 0. The third-order valence-electron chi connectivity index (χ3n) is 9.19. The van der Waals surface area contributed by atoms with E-state index >= 15 is 8.78 Å². The van der Waals surface area contributed by atoms with E-state index in [-0.39, 0.29) is 11.0 Å². The lowest BCUT2D eigenvalue weighted by atomic mass is 9.83. The Morgan fingerprint density at radius 1 is 0.478 bits per heavy atom. The fourth-order valence-electron chi connectivity index (χ4n) is 6.98. The molecule has 0 saturated heterocycles. The van der Waals surface area contributed by atoms with E-state index in [0.717, 1.165) is 44.3 Å². The van der Waals surface area contributed by atoms with E-state index in [1.54, 1.807) is 36.4 Å². The van der Waals surface area contributed by atoms with Crippen LogP contribution in [0.4, 0.5) is 22.0 Å². The van der Waals surface area contributed by atoms with Crippen molar-refractivity contribution in [2.45, 2.75) is 19.3 Å². The van der Waals surface area contributed by atoms with Crippen molar-refractivity contribution >= 4 is 32.3 Å². The van der Waals surface area contributed by atoms with Crippen molar-refractivity contribution in [1.82, 2.24) is 0 Å². The van der Waals surface area contributed by atoms with Gasteiger partial charge in [0, 0.05) is 16.5 Å². The van der Waals surface area contributed by atoms with Crippen LogP contribution >= 0.6 is 0 Å². The molecule has 0 bridgehead atoms. The van der Waals surface area contributed by atoms with Crippen molar-refractivity contribution in [3.8, 4) is 39.1 Å². The van der Waals surface area contributed by atoms with E-state index in [9.17, 15) is 13.2 Å². The van der Waals surface area contributed by atoms with Crippen LogP contribution in [0, 0.1) is 29.1 Å². The summed E-state index contributed by atoms with van der Waals surface area (Å²) in [5, 5.41) is 3.94. The highest BCUT2D eigenvalue weighted by Gasteiger charge is 2.32. The van der Waals surface area contributed by atoms with Crippen LogP contribution in [0.5, 0.6) is 5.75 Å². The molecule has 8 rings (SSSR count). The van der Waals surface area contributed by atoms with Gasteiger partial charge in [0.1, 0.15) is 5.75 Å². The number of ether oxygens (including phenoxy) is 1. The van der Waals surface area contributed by atoms with Gasteiger partial charge < -0.3 is 4.74 Å². The molecule has 0 unspecified atom stereocenters. The van der Waals surface area contributed by atoms with Crippen LogP contribution in [0.2, 0.25) is 0 Å². The SMILES string of the molecule is CC1(C)COc2ccc(-c3cccc4c(-c5c6ccccc6c(-c6c(F)c(F)c(F)c(F)c6F)c6ccccc56)cccc34)cc21. The molecule has 0 fully saturated rings. The second-order valence-electron chi connectivity index (χ2n) is 12.4. The number of hydrogen-bond donors (Lipinski definition) is 0. The molecule has 6 heteroatoms. The fraction of sp³-hybridized carbons (Fsp3) is 0.100. The molecule has 0 aliphatic carbocycles. The first kappa shape index (κ1) is 28.3. The smallest absolute Gasteiger partial charge is 0.200 e. The molecule has 0 saturated carbocycles. The molecule has 7 aromatic rings. The summed E-state index contributed by atoms with van der Waals surface area (Å²) in [5.74, 6) is -8.98. The normalized spacial score (nSPS) is 13.8. The fourth-order valence-corrected chi connectivity index (χ4v) is 6.98. The minimum Gasteiger partial charge on any atom is -0.492 e. The number of rotatable bonds is 3. The Kier molecular flexibility index (Phi) is 6.23. The molecule has 1 heterocycles. The standard InChI is InChI=1S/C40H25F5O/c1-40(2)20-46-31-18-17-21(19-30(31)40)22-13-7-15-24-23(22)14-8-16-25(24)32-26-9-3-5-11-28(26)33(29-12-6-4-10-27(29)32)34-35(41)37(43)39(45)38(44)36(34)42/h3-19H,20H2,1-2H3. The average Bonchev–Trinajstić information content (AvgIpc) is 3.39. The van der Waals surface area contributed by atoms with E-state index < -0.39 is 34.6 Å². The molecule has 1 aliphatic heterocycles. The third kappa shape index (κ3) is 3.99. The second kappa shape index (κ2) is 10.1. The summed E-state index contributed by atoms with van der Waals surface area (Å²) < 4.78 is 79.9. The van der Waals surface area contributed by atoms with E-state index in [1.165, 1.54) is 0 Å². The quantitative estimate of drug-likeness (QED) is 0.0831. The van der Waals surface area contributed by atoms with E-state index in [2.05, 4.69) is 38.1 Å². The van der Waals surface area contributed by atoms with Crippen LogP contribution in [-0.2, 0) is 5.41 Å². The van der Waals surface area contributed by atoms with Gasteiger partial charge in [-0.15, -0.1) is 0 Å². The van der Waals surface area contributed by atoms with Crippen LogP contribution < -0.4 is 4.74 Å². The molecule has 0 radical (unpaired) electrons. The maximum atomic E-state index is 15.4. The van der Waals surface area contributed by atoms with Gasteiger partial charge in [-0.25, -0.2) is 22.0 Å². The van der Waals surface area contributed by atoms with Gasteiger partial charge in [-0.3, -0.25) is 0 Å². The van der Waals surface area contributed by atoms with Gasteiger partial charge in [0.05, 0.1) is 12.2 Å². The van der Waals surface area contributed by atoms with Crippen LogP contribution in [0.25, 0.3) is 65.7 Å². The van der Waals surface area contributed by atoms with E-state index in [4.69, 9.17) is 4.74 Å². The topological polar surface area (TPSA) is 9.23 Å².